The van der Waals surface area contributed by atoms with Gasteiger partial charge in [0, 0.05) is 24.5 Å². The zero-order valence-electron chi connectivity index (χ0n) is 14.9. The van der Waals surface area contributed by atoms with E-state index < -0.39 is 5.60 Å². The zero-order chi connectivity index (χ0) is 17.0. The Hall–Kier alpha value is -1.14. The smallest absolute Gasteiger partial charge is 0.410 e. The third-order valence-electron chi connectivity index (χ3n) is 4.05. The summed E-state index contributed by atoms with van der Waals surface area (Å²) in [5, 5.41) is 4.67. The fourth-order valence-corrected chi connectivity index (χ4v) is 3.55. The average Bonchev–Trinajstić information content (AvgIpc) is 2.76. The normalized spacial score (nSPS) is 16.7. The van der Waals surface area contributed by atoms with Gasteiger partial charge in [0.2, 0.25) is 0 Å². The van der Waals surface area contributed by atoms with Gasteiger partial charge in [0.05, 0.1) is 5.69 Å². The van der Waals surface area contributed by atoms with Crippen molar-refractivity contribution in [2.45, 2.75) is 59.6 Å². The Balaban J connectivity index is 1.67. The van der Waals surface area contributed by atoms with E-state index in [1.165, 1.54) is 4.88 Å². The summed E-state index contributed by atoms with van der Waals surface area (Å²) in [4.78, 5) is 19.7. The first kappa shape index (κ1) is 18.2. The summed E-state index contributed by atoms with van der Waals surface area (Å²) in [6.45, 7) is 13.3. The first-order chi connectivity index (χ1) is 10.7. The van der Waals surface area contributed by atoms with Crippen LogP contribution >= 0.6 is 11.3 Å². The molecule has 0 saturated carbocycles. The van der Waals surface area contributed by atoms with Gasteiger partial charge in [-0.05, 0) is 59.9 Å². The fraction of sp³-hybridized carbons (Fsp3) is 0.765. The van der Waals surface area contributed by atoms with Crippen LogP contribution in [0.15, 0.2) is 0 Å². The van der Waals surface area contributed by atoms with Crippen molar-refractivity contribution in [2.24, 2.45) is 5.92 Å². The van der Waals surface area contributed by atoms with Crippen LogP contribution in [0.25, 0.3) is 0 Å². The number of ether oxygens (including phenoxy) is 1. The largest absolute Gasteiger partial charge is 0.444 e. The van der Waals surface area contributed by atoms with Crippen molar-refractivity contribution in [1.29, 1.82) is 0 Å². The summed E-state index contributed by atoms with van der Waals surface area (Å²) in [6.07, 6.45) is 1.88. The molecule has 130 valence electrons. The molecule has 1 aromatic heterocycles. The predicted molar refractivity (Wildman–Crippen MR) is 93.8 cm³/mol. The van der Waals surface area contributed by atoms with Crippen LogP contribution in [0.5, 0.6) is 0 Å². The van der Waals surface area contributed by atoms with Crippen LogP contribution in [0.1, 0.15) is 49.2 Å². The van der Waals surface area contributed by atoms with Gasteiger partial charge in [-0.1, -0.05) is 0 Å². The van der Waals surface area contributed by atoms with Crippen LogP contribution in [-0.2, 0) is 11.3 Å². The molecule has 0 unspecified atom stereocenters. The van der Waals surface area contributed by atoms with Gasteiger partial charge in [-0.25, -0.2) is 9.78 Å². The van der Waals surface area contributed by atoms with Crippen LogP contribution < -0.4 is 5.32 Å². The first-order valence-electron chi connectivity index (χ1n) is 8.36. The molecular weight excluding hydrogens is 310 g/mol. The molecule has 1 aliphatic heterocycles. The molecule has 1 saturated heterocycles. The number of hydrogen-bond acceptors (Lipinski definition) is 5. The molecule has 23 heavy (non-hydrogen) atoms. The second-order valence-electron chi connectivity index (χ2n) is 7.29. The number of hydrogen-bond donors (Lipinski definition) is 1. The summed E-state index contributed by atoms with van der Waals surface area (Å²) in [7, 11) is 0. The molecule has 2 rings (SSSR count). The van der Waals surface area contributed by atoms with E-state index in [0.717, 1.165) is 49.7 Å². The van der Waals surface area contributed by atoms with E-state index in [4.69, 9.17) is 4.74 Å². The number of carbonyl (C=O) groups is 1. The summed E-state index contributed by atoms with van der Waals surface area (Å²) >= 11 is 1.77. The number of aromatic nitrogens is 1. The van der Waals surface area contributed by atoms with Crippen LogP contribution in [0.2, 0.25) is 0 Å². The summed E-state index contributed by atoms with van der Waals surface area (Å²) < 4.78 is 5.43. The number of nitrogens with zero attached hydrogens (tertiary/aromatic N) is 2. The standard InChI is InChI=1S/C17H29N3O2S/c1-12-13(2)23-15(19-12)11-18-10-14-6-8-20(9-7-14)16(21)22-17(3,4)5/h14,18H,6-11H2,1-5H3. The van der Waals surface area contributed by atoms with E-state index >= 15 is 0 Å². The van der Waals surface area contributed by atoms with Gasteiger partial charge in [0.1, 0.15) is 10.6 Å². The minimum atomic E-state index is -0.417. The molecule has 2 heterocycles. The molecule has 1 fully saturated rings. The molecule has 6 heteroatoms. The van der Waals surface area contributed by atoms with Gasteiger partial charge in [0.15, 0.2) is 0 Å². The Kier molecular flexibility index (Phi) is 6.03. The lowest BCUT2D eigenvalue weighted by molar-refractivity contribution is 0.0184. The van der Waals surface area contributed by atoms with E-state index in [-0.39, 0.29) is 6.09 Å². The van der Waals surface area contributed by atoms with E-state index in [9.17, 15) is 4.79 Å². The monoisotopic (exact) mass is 339 g/mol. The molecule has 1 aliphatic rings. The first-order valence-corrected chi connectivity index (χ1v) is 9.18. The Labute approximate surface area is 143 Å². The van der Waals surface area contributed by atoms with Crippen LogP contribution in [0, 0.1) is 19.8 Å². The zero-order valence-corrected chi connectivity index (χ0v) is 15.8. The second-order valence-corrected chi connectivity index (χ2v) is 8.58. The lowest BCUT2D eigenvalue weighted by Gasteiger charge is -2.33. The third-order valence-corrected chi connectivity index (χ3v) is 5.12. The highest BCUT2D eigenvalue weighted by molar-refractivity contribution is 7.11. The van der Waals surface area contributed by atoms with Crippen molar-refractivity contribution in [2.75, 3.05) is 19.6 Å². The molecule has 0 atom stereocenters. The maximum atomic E-state index is 12.0. The molecule has 0 spiro atoms. The Bertz CT molecular complexity index is 509. The lowest BCUT2D eigenvalue weighted by Crippen LogP contribution is -2.43. The Morgan fingerprint density at radius 2 is 2.00 bits per heavy atom. The fourth-order valence-electron chi connectivity index (χ4n) is 2.64. The van der Waals surface area contributed by atoms with Crippen molar-refractivity contribution >= 4 is 17.4 Å². The Morgan fingerprint density at radius 3 is 2.52 bits per heavy atom. The minimum absolute atomic E-state index is 0.183. The van der Waals surface area contributed by atoms with Gasteiger partial charge < -0.3 is 15.0 Å². The quantitative estimate of drug-likeness (QED) is 0.912. The summed E-state index contributed by atoms with van der Waals surface area (Å²) in [5.41, 5.74) is 0.719. The molecule has 1 aromatic rings. The highest BCUT2D eigenvalue weighted by Crippen LogP contribution is 2.20. The van der Waals surface area contributed by atoms with Gasteiger partial charge in [-0.15, -0.1) is 11.3 Å². The lowest BCUT2D eigenvalue weighted by atomic mass is 9.97. The van der Waals surface area contributed by atoms with E-state index in [2.05, 4.69) is 24.1 Å². The number of aryl methyl sites for hydroxylation is 2. The predicted octanol–water partition coefficient (Wildman–Crippen LogP) is 3.50. The van der Waals surface area contributed by atoms with Crippen LogP contribution in [-0.4, -0.2) is 41.2 Å². The van der Waals surface area contributed by atoms with Gasteiger partial charge in [-0.2, -0.15) is 0 Å². The molecule has 0 bridgehead atoms. The number of piperidine rings is 1. The SMILES string of the molecule is Cc1nc(CNCC2CCN(C(=O)OC(C)(C)C)CC2)sc1C. The number of thiazole rings is 1. The summed E-state index contributed by atoms with van der Waals surface area (Å²) in [6, 6.07) is 0. The third kappa shape index (κ3) is 5.77. The van der Waals surface area contributed by atoms with Crippen molar-refractivity contribution < 1.29 is 9.53 Å². The highest BCUT2D eigenvalue weighted by Gasteiger charge is 2.26. The molecule has 5 nitrogen and oxygen atoms in total. The van der Waals surface area contributed by atoms with Gasteiger partial charge >= 0.3 is 6.09 Å². The van der Waals surface area contributed by atoms with Crippen LogP contribution in [0.3, 0.4) is 0 Å². The van der Waals surface area contributed by atoms with Gasteiger partial charge in [0.25, 0.3) is 0 Å². The molecule has 0 aliphatic carbocycles. The van der Waals surface area contributed by atoms with E-state index in [1.807, 2.05) is 25.7 Å². The van der Waals surface area contributed by atoms with Crippen molar-refractivity contribution in [3.05, 3.63) is 15.6 Å². The van der Waals surface area contributed by atoms with Crippen LogP contribution in [0.4, 0.5) is 4.79 Å². The van der Waals surface area contributed by atoms with Crippen molar-refractivity contribution in [3.8, 4) is 0 Å². The van der Waals surface area contributed by atoms with E-state index in [1.54, 1.807) is 11.3 Å². The molecule has 1 amide bonds. The number of likely N-dealkylation sites (tertiary alicyclic amines) is 1. The highest BCUT2D eigenvalue weighted by atomic mass is 32.1. The Morgan fingerprint density at radius 1 is 1.35 bits per heavy atom. The van der Waals surface area contributed by atoms with Gasteiger partial charge in [-0.3, -0.25) is 0 Å². The number of rotatable bonds is 4. The topological polar surface area (TPSA) is 54.5 Å². The molecule has 1 N–H and O–H groups in total. The maximum absolute atomic E-state index is 12.0. The number of nitrogens with one attached hydrogen (secondary N) is 1. The molecular formula is C17H29N3O2S. The average molecular weight is 340 g/mol. The molecule has 0 aromatic carbocycles. The van der Waals surface area contributed by atoms with Crippen molar-refractivity contribution in [3.63, 3.8) is 0 Å². The summed E-state index contributed by atoms with van der Waals surface area (Å²) in [5.74, 6) is 0.621. The number of amides is 1. The van der Waals surface area contributed by atoms with Crippen molar-refractivity contribution in [1.82, 2.24) is 15.2 Å². The minimum Gasteiger partial charge on any atom is -0.444 e. The molecule has 0 radical (unpaired) electrons. The second kappa shape index (κ2) is 7.62. The number of carbonyl (C=O) groups excluding carboxylic acids is 1. The maximum Gasteiger partial charge on any atom is 0.410 e. The van der Waals surface area contributed by atoms with E-state index in [0.29, 0.717) is 5.92 Å².